The second-order valence-electron chi connectivity index (χ2n) is 6.00. The molecule has 0 aliphatic heterocycles. The van der Waals surface area contributed by atoms with Crippen molar-refractivity contribution < 1.29 is 27.8 Å². The fourth-order valence-corrected chi connectivity index (χ4v) is 3.52. The maximum atomic E-state index is 12.6. The van der Waals surface area contributed by atoms with Crippen molar-refractivity contribution in [2.75, 3.05) is 5.32 Å². The second kappa shape index (κ2) is 6.91. The third-order valence-electron chi connectivity index (χ3n) is 4.17. The van der Waals surface area contributed by atoms with Crippen molar-refractivity contribution in [1.29, 1.82) is 0 Å². The Morgan fingerprint density at radius 2 is 1.75 bits per heavy atom. The molecule has 28 heavy (non-hydrogen) atoms. The van der Waals surface area contributed by atoms with Gasteiger partial charge in [-0.1, -0.05) is 30.3 Å². The highest BCUT2D eigenvalue weighted by atomic mass is 32.2. The molecule has 0 spiro atoms. The number of nitro groups is 1. The van der Waals surface area contributed by atoms with Crippen molar-refractivity contribution in [2.24, 2.45) is 0 Å². The first-order valence-corrected chi connectivity index (χ1v) is 9.32. The van der Waals surface area contributed by atoms with Gasteiger partial charge in [0.15, 0.2) is 0 Å². The Kier molecular flexibility index (Phi) is 4.75. The molecule has 3 aromatic rings. The van der Waals surface area contributed by atoms with Crippen LogP contribution in [0.25, 0.3) is 10.8 Å². The highest BCUT2D eigenvalue weighted by molar-refractivity contribution is 7.86. The molecule has 3 aromatic carbocycles. The maximum Gasteiger partial charge on any atom is 0.295 e. The van der Waals surface area contributed by atoms with Crippen LogP contribution in [0.1, 0.15) is 15.9 Å². The lowest BCUT2D eigenvalue weighted by Crippen LogP contribution is -2.13. The molecular formula is C18H14N2O7S. The molecule has 144 valence electrons. The monoisotopic (exact) mass is 402 g/mol. The van der Waals surface area contributed by atoms with Crippen LogP contribution >= 0.6 is 0 Å². The first kappa shape index (κ1) is 19.3. The number of carbonyl (C=O) groups is 1. The predicted octanol–water partition coefficient (Wildman–Crippen LogP) is 3.26. The molecule has 3 rings (SSSR count). The highest BCUT2D eigenvalue weighted by Gasteiger charge is 2.21. The number of fused-ring (bicyclic) bond motifs is 1. The van der Waals surface area contributed by atoms with Crippen LogP contribution in [0.3, 0.4) is 0 Å². The molecule has 0 unspecified atom stereocenters. The van der Waals surface area contributed by atoms with E-state index in [0.717, 1.165) is 12.1 Å². The molecule has 0 saturated carbocycles. The van der Waals surface area contributed by atoms with Crippen LogP contribution in [0.5, 0.6) is 5.75 Å². The van der Waals surface area contributed by atoms with Crippen molar-refractivity contribution in [3.8, 4) is 5.75 Å². The zero-order valence-electron chi connectivity index (χ0n) is 14.4. The average Bonchev–Trinajstić information content (AvgIpc) is 2.62. The van der Waals surface area contributed by atoms with E-state index in [4.69, 9.17) is 0 Å². The van der Waals surface area contributed by atoms with Gasteiger partial charge in [-0.15, -0.1) is 0 Å². The number of benzene rings is 3. The quantitative estimate of drug-likeness (QED) is 0.263. The van der Waals surface area contributed by atoms with E-state index in [1.165, 1.54) is 37.3 Å². The van der Waals surface area contributed by atoms with Gasteiger partial charge in [0.25, 0.3) is 21.7 Å². The minimum absolute atomic E-state index is 0.0142. The summed E-state index contributed by atoms with van der Waals surface area (Å²) in [6, 6.07) is 10.7. The summed E-state index contributed by atoms with van der Waals surface area (Å²) in [6.45, 7) is 1.53. The molecule has 10 heteroatoms. The van der Waals surface area contributed by atoms with Crippen LogP contribution in [0.2, 0.25) is 0 Å². The fourth-order valence-electron chi connectivity index (χ4n) is 2.81. The van der Waals surface area contributed by atoms with Crippen LogP contribution in [-0.4, -0.2) is 28.9 Å². The average molecular weight is 402 g/mol. The number of nitro benzene ring substituents is 1. The van der Waals surface area contributed by atoms with Crippen molar-refractivity contribution >= 4 is 38.2 Å². The number of phenols is 1. The lowest BCUT2D eigenvalue weighted by molar-refractivity contribution is -0.385. The minimum Gasteiger partial charge on any atom is -0.506 e. The number of aromatic hydroxyl groups is 1. The summed E-state index contributed by atoms with van der Waals surface area (Å²) in [5.41, 5.74) is 0.0478. The summed E-state index contributed by atoms with van der Waals surface area (Å²) in [5.74, 6) is -1.32. The van der Waals surface area contributed by atoms with Crippen molar-refractivity contribution in [1.82, 2.24) is 0 Å². The Balaban J connectivity index is 2.11. The highest BCUT2D eigenvalue weighted by Crippen LogP contribution is 2.37. The lowest BCUT2D eigenvalue weighted by Gasteiger charge is -2.13. The Bertz CT molecular complexity index is 1240. The second-order valence-corrected chi connectivity index (χ2v) is 7.39. The SMILES string of the molecule is Cc1ccc(C(=O)Nc2c(O)cc(S(=O)(=O)O)c3ccccc23)cc1[N+](=O)[O-]. The Hall–Kier alpha value is -3.50. The number of carbonyl (C=O) groups excluding carboxylic acids is 1. The van der Waals surface area contributed by atoms with Crippen LogP contribution in [0.15, 0.2) is 53.4 Å². The molecule has 0 atom stereocenters. The van der Waals surface area contributed by atoms with Gasteiger partial charge in [-0.2, -0.15) is 8.42 Å². The molecule has 0 fully saturated rings. The van der Waals surface area contributed by atoms with Gasteiger partial charge in [0.1, 0.15) is 10.6 Å². The van der Waals surface area contributed by atoms with Gasteiger partial charge in [0, 0.05) is 34.0 Å². The number of hydrogen-bond acceptors (Lipinski definition) is 6. The van der Waals surface area contributed by atoms with E-state index in [1.807, 2.05) is 0 Å². The van der Waals surface area contributed by atoms with Crippen LogP contribution in [-0.2, 0) is 10.1 Å². The number of amides is 1. The van der Waals surface area contributed by atoms with Crippen molar-refractivity contribution in [3.05, 3.63) is 69.8 Å². The third-order valence-corrected chi connectivity index (χ3v) is 5.06. The van der Waals surface area contributed by atoms with Gasteiger partial charge in [-0.25, -0.2) is 0 Å². The van der Waals surface area contributed by atoms with Crippen LogP contribution < -0.4 is 5.32 Å². The standard InChI is InChI=1S/C18H14N2O7S/c1-10-6-7-11(8-14(10)20(23)24)18(22)19-17-13-5-3-2-4-12(13)16(9-15(17)21)28(25,26)27/h2-9,21H,1H3,(H,19,22)(H,25,26,27). The Labute approximate surface area is 159 Å². The number of rotatable bonds is 4. The topological polar surface area (TPSA) is 147 Å². The third kappa shape index (κ3) is 3.50. The molecule has 9 nitrogen and oxygen atoms in total. The van der Waals surface area contributed by atoms with Crippen LogP contribution in [0.4, 0.5) is 11.4 Å². The summed E-state index contributed by atoms with van der Waals surface area (Å²) in [5, 5.41) is 24.0. The smallest absolute Gasteiger partial charge is 0.295 e. The molecule has 3 N–H and O–H groups in total. The molecule has 0 saturated heterocycles. The number of nitrogens with one attached hydrogen (secondary N) is 1. The van der Waals surface area contributed by atoms with E-state index in [1.54, 1.807) is 6.07 Å². The number of nitrogens with zero attached hydrogens (tertiary/aromatic N) is 1. The number of hydrogen-bond donors (Lipinski definition) is 3. The van der Waals surface area contributed by atoms with Crippen molar-refractivity contribution in [3.63, 3.8) is 0 Å². The maximum absolute atomic E-state index is 12.6. The van der Waals surface area contributed by atoms with E-state index in [0.29, 0.717) is 5.56 Å². The minimum atomic E-state index is -4.62. The van der Waals surface area contributed by atoms with E-state index in [-0.39, 0.29) is 27.7 Å². The molecule has 0 bridgehead atoms. The summed E-state index contributed by atoms with van der Waals surface area (Å²) < 4.78 is 32.5. The first-order chi connectivity index (χ1) is 13.1. The molecule has 0 heterocycles. The summed E-state index contributed by atoms with van der Waals surface area (Å²) in [4.78, 5) is 22.5. The van der Waals surface area contributed by atoms with Gasteiger partial charge >= 0.3 is 0 Å². The van der Waals surface area contributed by atoms with Crippen molar-refractivity contribution in [2.45, 2.75) is 11.8 Å². The fraction of sp³-hybridized carbons (Fsp3) is 0.0556. The predicted molar refractivity (Wildman–Crippen MR) is 101 cm³/mol. The zero-order valence-corrected chi connectivity index (χ0v) is 15.2. The number of phenolic OH excluding ortho intramolecular Hbond substituents is 1. The lowest BCUT2D eigenvalue weighted by atomic mass is 10.1. The van der Waals surface area contributed by atoms with Gasteiger partial charge in [-0.3, -0.25) is 19.5 Å². The first-order valence-electron chi connectivity index (χ1n) is 7.88. The zero-order chi connectivity index (χ0) is 20.6. The number of anilines is 1. The molecule has 0 aliphatic rings. The summed E-state index contributed by atoms with van der Waals surface area (Å²) in [7, 11) is -4.62. The van der Waals surface area contributed by atoms with E-state index in [9.17, 15) is 33.0 Å². The molecular weight excluding hydrogens is 388 g/mol. The Morgan fingerprint density at radius 3 is 2.36 bits per heavy atom. The normalized spacial score (nSPS) is 11.4. The molecule has 0 aromatic heterocycles. The summed E-state index contributed by atoms with van der Waals surface area (Å²) >= 11 is 0. The van der Waals surface area contributed by atoms with Gasteiger partial charge in [0.2, 0.25) is 0 Å². The van der Waals surface area contributed by atoms with E-state index < -0.39 is 31.6 Å². The number of aryl methyl sites for hydroxylation is 1. The molecule has 0 aliphatic carbocycles. The van der Waals surface area contributed by atoms with Gasteiger partial charge in [0.05, 0.1) is 10.6 Å². The summed E-state index contributed by atoms with van der Waals surface area (Å²) in [6.07, 6.45) is 0. The molecule has 1 amide bonds. The van der Waals surface area contributed by atoms with Crippen LogP contribution in [0, 0.1) is 17.0 Å². The Morgan fingerprint density at radius 1 is 1.11 bits per heavy atom. The van der Waals surface area contributed by atoms with Gasteiger partial charge in [-0.05, 0) is 13.0 Å². The van der Waals surface area contributed by atoms with Gasteiger partial charge < -0.3 is 10.4 Å². The van der Waals surface area contributed by atoms with E-state index in [2.05, 4.69) is 5.32 Å². The van der Waals surface area contributed by atoms with E-state index >= 15 is 0 Å². The largest absolute Gasteiger partial charge is 0.506 e. The molecule has 0 radical (unpaired) electrons.